The molecule has 1 aliphatic carbocycles. The number of methoxy groups -OCH3 is 1. The summed E-state index contributed by atoms with van der Waals surface area (Å²) >= 11 is 0. The van der Waals surface area contributed by atoms with Crippen molar-refractivity contribution in [2.24, 2.45) is 0 Å². The summed E-state index contributed by atoms with van der Waals surface area (Å²) in [5.74, 6) is -3.91. The summed E-state index contributed by atoms with van der Waals surface area (Å²) in [4.78, 5) is 11.5. The number of rotatable bonds is 6. The number of carboxylic acids is 1. The van der Waals surface area contributed by atoms with Gasteiger partial charge in [0.1, 0.15) is 17.2 Å². The molecule has 2 atom stereocenters. The first kappa shape index (κ1) is 26.5. The fourth-order valence-corrected chi connectivity index (χ4v) is 5.66. The van der Waals surface area contributed by atoms with Crippen LogP contribution in [0.3, 0.4) is 0 Å². The second-order valence-corrected chi connectivity index (χ2v) is 9.66. The first-order chi connectivity index (χ1) is 18.6. The number of carboxylic acid groups (broad SMARTS) is 1. The van der Waals surface area contributed by atoms with Gasteiger partial charge in [-0.1, -0.05) is 12.5 Å². The number of aliphatic hydroxyl groups is 1. The Morgan fingerprint density at radius 2 is 1.87 bits per heavy atom. The van der Waals surface area contributed by atoms with Crippen molar-refractivity contribution in [2.75, 3.05) is 12.8 Å². The summed E-state index contributed by atoms with van der Waals surface area (Å²) in [6.07, 6.45) is 2.27. The van der Waals surface area contributed by atoms with Crippen LogP contribution in [0, 0.1) is 22.9 Å². The predicted octanol–water partition coefficient (Wildman–Crippen LogP) is 5.77. The van der Waals surface area contributed by atoms with Crippen LogP contribution < -0.4 is 5.73 Å². The summed E-state index contributed by atoms with van der Waals surface area (Å²) in [5, 5.41) is 29.4. The van der Waals surface area contributed by atoms with E-state index in [4.69, 9.17) is 15.9 Å². The molecular formula is C29H26F3N3O4. The molecule has 2 unspecified atom stereocenters. The lowest BCUT2D eigenvalue weighted by Gasteiger charge is -2.40. The van der Waals surface area contributed by atoms with E-state index in [1.165, 1.54) is 43.5 Å². The molecule has 0 amide bonds. The third kappa shape index (κ3) is 4.16. The van der Waals surface area contributed by atoms with Gasteiger partial charge < -0.3 is 30.7 Å². The second-order valence-electron chi connectivity index (χ2n) is 9.66. The van der Waals surface area contributed by atoms with Crippen LogP contribution in [0.15, 0.2) is 48.5 Å². The van der Waals surface area contributed by atoms with Crippen molar-refractivity contribution in [3.05, 3.63) is 82.8 Å². The van der Waals surface area contributed by atoms with Crippen LogP contribution >= 0.6 is 0 Å². The standard InChI is InChI=1S/C29H26F3N3O4/c1-39-22-4-2-3-11-29(22,38)27-23(15-5-10-19(28(36)37)20(31)12-15)24-21(13-16(14-33)26(34)25(24)32)35(27)18-8-6-17(30)7-9-18/h5-10,12-14,22,33,38H,2-4,11,34H2,1H3,(H,36,37). The van der Waals surface area contributed by atoms with Crippen LogP contribution in [0.2, 0.25) is 0 Å². The molecule has 0 radical (unpaired) electrons. The number of nitrogen functional groups attached to an aromatic ring is 1. The number of anilines is 1. The third-order valence-corrected chi connectivity index (χ3v) is 7.50. The van der Waals surface area contributed by atoms with Gasteiger partial charge in [0.15, 0.2) is 5.82 Å². The second kappa shape index (κ2) is 9.87. The number of benzene rings is 3. The van der Waals surface area contributed by atoms with Gasteiger partial charge in [0.2, 0.25) is 0 Å². The molecule has 1 aromatic heterocycles. The average Bonchev–Trinajstić information content (AvgIpc) is 3.27. The molecule has 5 N–H and O–H groups in total. The molecule has 1 saturated carbocycles. The van der Waals surface area contributed by atoms with Gasteiger partial charge in [-0.25, -0.2) is 18.0 Å². The van der Waals surface area contributed by atoms with Crippen LogP contribution in [0.25, 0.3) is 27.7 Å². The first-order valence-corrected chi connectivity index (χ1v) is 12.3. The lowest BCUT2D eigenvalue weighted by atomic mass is 9.77. The molecule has 10 heteroatoms. The van der Waals surface area contributed by atoms with E-state index in [1.54, 1.807) is 4.57 Å². The average molecular weight is 538 g/mol. The smallest absolute Gasteiger partial charge is 0.338 e. The van der Waals surface area contributed by atoms with E-state index < -0.39 is 40.7 Å². The minimum atomic E-state index is -1.70. The lowest BCUT2D eigenvalue weighted by molar-refractivity contribution is -0.125. The van der Waals surface area contributed by atoms with Gasteiger partial charge in [0.25, 0.3) is 0 Å². The highest BCUT2D eigenvalue weighted by Crippen LogP contribution is 2.49. The zero-order valence-corrected chi connectivity index (χ0v) is 21.0. The number of nitrogens with one attached hydrogen (secondary N) is 1. The molecule has 1 aliphatic rings. The van der Waals surface area contributed by atoms with E-state index in [0.29, 0.717) is 18.5 Å². The van der Waals surface area contributed by atoms with Crippen molar-refractivity contribution < 1.29 is 32.9 Å². The van der Waals surface area contributed by atoms with E-state index in [2.05, 4.69) is 0 Å². The zero-order valence-electron chi connectivity index (χ0n) is 21.0. The van der Waals surface area contributed by atoms with Gasteiger partial charge in [-0.3, -0.25) is 0 Å². The SMILES string of the molecule is COC1CCCCC1(O)c1c(-c2ccc(C(=O)O)c(F)c2)c2c(F)c(N)c(C=N)cc2n1-c1ccc(F)cc1. The predicted molar refractivity (Wildman–Crippen MR) is 141 cm³/mol. The molecule has 0 saturated heterocycles. The maximum absolute atomic E-state index is 16.1. The van der Waals surface area contributed by atoms with Crippen molar-refractivity contribution in [3.63, 3.8) is 0 Å². The Balaban J connectivity index is 2.01. The molecular weight excluding hydrogens is 511 g/mol. The quantitative estimate of drug-likeness (QED) is 0.184. The van der Waals surface area contributed by atoms with Crippen molar-refractivity contribution in [2.45, 2.75) is 37.4 Å². The molecule has 4 aromatic rings. The van der Waals surface area contributed by atoms with Crippen molar-refractivity contribution in [1.82, 2.24) is 4.57 Å². The Morgan fingerprint density at radius 1 is 1.15 bits per heavy atom. The van der Waals surface area contributed by atoms with Crippen LogP contribution in [-0.2, 0) is 10.3 Å². The van der Waals surface area contributed by atoms with Gasteiger partial charge in [-0.2, -0.15) is 0 Å². The van der Waals surface area contributed by atoms with Gasteiger partial charge >= 0.3 is 5.97 Å². The molecule has 5 rings (SSSR count). The van der Waals surface area contributed by atoms with Gasteiger partial charge in [0, 0.05) is 35.5 Å². The number of carbonyl (C=O) groups is 1. The molecule has 3 aromatic carbocycles. The largest absolute Gasteiger partial charge is 0.478 e. The maximum atomic E-state index is 16.1. The highest BCUT2D eigenvalue weighted by Gasteiger charge is 2.46. The molecule has 1 heterocycles. The normalized spacial score (nSPS) is 19.4. The number of aromatic nitrogens is 1. The summed E-state index contributed by atoms with van der Waals surface area (Å²) in [6, 6.07) is 10.2. The van der Waals surface area contributed by atoms with E-state index in [9.17, 15) is 19.4 Å². The summed E-state index contributed by atoms with van der Waals surface area (Å²) in [5.41, 5.74) is 4.48. The Labute approximate surface area is 221 Å². The Morgan fingerprint density at radius 3 is 2.49 bits per heavy atom. The zero-order chi connectivity index (χ0) is 28.1. The van der Waals surface area contributed by atoms with Gasteiger partial charge in [-0.05, 0) is 67.3 Å². The van der Waals surface area contributed by atoms with Crippen molar-refractivity contribution in [1.29, 1.82) is 5.41 Å². The summed E-state index contributed by atoms with van der Waals surface area (Å²) < 4.78 is 52.3. The number of ether oxygens (including phenoxy) is 1. The number of nitrogens with two attached hydrogens (primary N) is 1. The maximum Gasteiger partial charge on any atom is 0.338 e. The highest BCUT2D eigenvalue weighted by atomic mass is 19.1. The van der Waals surface area contributed by atoms with E-state index in [1.807, 2.05) is 0 Å². The summed E-state index contributed by atoms with van der Waals surface area (Å²) in [7, 11) is 1.46. The number of hydrogen-bond donors (Lipinski definition) is 4. The fraction of sp³-hybridized carbons (Fsp3) is 0.241. The van der Waals surface area contributed by atoms with E-state index in [-0.39, 0.29) is 45.4 Å². The Hall–Kier alpha value is -4.15. The summed E-state index contributed by atoms with van der Waals surface area (Å²) in [6.45, 7) is 0. The first-order valence-electron chi connectivity index (χ1n) is 12.3. The van der Waals surface area contributed by atoms with Crippen LogP contribution in [0.1, 0.15) is 47.3 Å². The van der Waals surface area contributed by atoms with E-state index >= 15 is 8.78 Å². The van der Waals surface area contributed by atoms with Crippen LogP contribution in [0.5, 0.6) is 0 Å². The Bertz CT molecular complexity index is 1620. The fourth-order valence-electron chi connectivity index (χ4n) is 5.66. The topological polar surface area (TPSA) is 122 Å². The van der Waals surface area contributed by atoms with Crippen LogP contribution in [0.4, 0.5) is 18.9 Å². The highest BCUT2D eigenvalue weighted by molar-refractivity contribution is 6.05. The number of hydrogen-bond acceptors (Lipinski definition) is 5. The molecule has 39 heavy (non-hydrogen) atoms. The van der Waals surface area contributed by atoms with Crippen molar-refractivity contribution >= 4 is 28.8 Å². The number of nitrogens with zero attached hydrogens (tertiary/aromatic N) is 1. The molecule has 202 valence electrons. The minimum absolute atomic E-state index is 0.0613. The number of aromatic carboxylic acids is 1. The molecule has 1 fully saturated rings. The Kier molecular flexibility index (Phi) is 6.69. The van der Waals surface area contributed by atoms with Crippen molar-refractivity contribution in [3.8, 4) is 16.8 Å². The molecule has 0 spiro atoms. The molecule has 7 nitrogen and oxygen atoms in total. The number of halogens is 3. The van der Waals surface area contributed by atoms with E-state index in [0.717, 1.165) is 24.8 Å². The molecule has 0 bridgehead atoms. The van der Waals surface area contributed by atoms with Gasteiger partial charge in [-0.15, -0.1) is 0 Å². The lowest BCUT2D eigenvalue weighted by Crippen LogP contribution is -2.45. The third-order valence-electron chi connectivity index (χ3n) is 7.50. The number of fused-ring (bicyclic) bond motifs is 1. The van der Waals surface area contributed by atoms with Gasteiger partial charge in [0.05, 0.1) is 28.6 Å². The van der Waals surface area contributed by atoms with Crippen LogP contribution in [-0.4, -0.2) is 40.2 Å². The molecule has 0 aliphatic heterocycles. The monoisotopic (exact) mass is 537 g/mol. The minimum Gasteiger partial charge on any atom is -0.478 e.